The van der Waals surface area contributed by atoms with Gasteiger partial charge >= 0.3 is 0 Å². The first-order valence-corrected chi connectivity index (χ1v) is 3.23. The van der Waals surface area contributed by atoms with Gasteiger partial charge in [-0.3, -0.25) is 5.73 Å². The minimum Gasteiger partial charge on any atom is -0.691 e. The van der Waals surface area contributed by atoms with E-state index in [-0.39, 0.29) is 16.5 Å². The highest BCUT2D eigenvalue weighted by Gasteiger charge is 2.06. The number of rotatable bonds is 1. The van der Waals surface area contributed by atoms with E-state index in [0.29, 0.717) is 12.0 Å². The Morgan fingerprint density at radius 3 is 3.00 bits per heavy atom. The topological polar surface area (TPSA) is 86.1 Å². The summed E-state index contributed by atoms with van der Waals surface area (Å²) in [7, 11) is 0. The van der Waals surface area contributed by atoms with Gasteiger partial charge in [0.15, 0.2) is 0 Å². The summed E-state index contributed by atoms with van der Waals surface area (Å²) in [6.07, 6.45) is 0.601. The van der Waals surface area contributed by atoms with Crippen LogP contribution in [0.5, 0.6) is 5.88 Å². The quantitative estimate of drug-likeness (QED) is 0.425. The van der Waals surface area contributed by atoms with E-state index in [1.54, 1.807) is 0 Å². The smallest absolute Gasteiger partial charge is 0.297 e. The zero-order valence-electron chi connectivity index (χ0n) is 6.11. The molecule has 5 nitrogen and oxygen atoms in total. The number of nitrogens with zero attached hydrogens (tertiary/aromatic N) is 2. The van der Waals surface area contributed by atoms with Crippen molar-refractivity contribution in [2.45, 2.75) is 13.3 Å². The fraction of sp³-hybridized carbons (Fsp3) is 0.333. The SMILES string of the molecule is CCc1cc(N)[n+]([O-])nc1O. The second-order valence-electron chi connectivity index (χ2n) is 2.14. The normalized spacial score (nSPS) is 9.91. The van der Waals surface area contributed by atoms with E-state index in [4.69, 9.17) is 10.8 Å². The van der Waals surface area contributed by atoms with Crippen molar-refractivity contribution in [2.75, 3.05) is 5.73 Å². The van der Waals surface area contributed by atoms with Crippen LogP contribution in [0.3, 0.4) is 0 Å². The monoisotopic (exact) mass is 155 g/mol. The van der Waals surface area contributed by atoms with Crippen molar-refractivity contribution in [1.29, 1.82) is 0 Å². The van der Waals surface area contributed by atoms with E-state index in [9.17, 15) is 5.21 Å². The number of nitrogens with two attached hydrogens (primary N) is 1. The number of nitrogen functional groups attached to an aromatic ring is 1. The molecule has 0 atom stereocenters. The predicted octanol–water partition coefficient (Wildman–Crippen LogP) is -0.435. The highest BCUT2D eigenvalue weighted by atomic mass is 16.5. The first-order valence-electron chi connectivity index (χ1n) is 3.23. The largest absolute Gasteiger partial charge is 0.691 e. The molecule has 0 bridgehead atoms. The van der Waals surface area contributed by atoms with Gasteiger partial charge in [-0.2, -0.15) is 0 Å². The number of anilines is 1. The van der Waals surface area contributed by atoms with E-state index in [2.05, 4.69) is 5.10 Å². The second kappa shape index (κ2) is 2.61. The molecule has 0 aromatic carbocycles. The summed E-state index contributed by atoms with van der Waals surface area (Å²) in [6, 6.07) is 1.41. The molecule has 1 aromatic heterocycles. The van der Waals surface area contributed by atoms with Gasteiger partial charge < -0.3 is 10.3 Å². The molecule has 11 heavy (non-hydrogen) atoms. The Labute approximate surface area is 63.7 Å². The van der Waals surface area contributed by atoms with Crippen LogP contribution in [0.25, 0.3) is 0 Å². The molecule has 0 saturated carbocycles. The minimum atomic E-state index is -0.253. The predicted molar refractivity (Wildman–Crippen MR) is 38.7 cm³/mol. The van der Waals surface area contributed by atoms with Crippen LogP contribution in [-0.4, -0.2) is 10.2 Å². The van der Waals surface area contributed by atoms with Gasteiger partial charge in [-0.05, 0) is 11.5 Å². The summed E-state index contributed by atoms with van der Waals surface area (Å²) in [5.74, 6) is -0.253. The highest BCUT2D eigenvalue weighted by Crippen LogP contribution is 2.12. The molecule has 0 radical (unpaired) electrons. The van der Waals surface area contributed by atoms with E-state index in [1.807, 2.05) is 6.92 Å². The van der Waals surface area contributed by atoms with Crippen molar-refractivity contribution in [3.63, 3.8) is 0 Å². The summed E-state index contributed by atoms with van der Waals surface area (Å²) in [6.45, 7) is 1.84. The molecule has 0 aliphatic heterocycles. The lowest BCUT2D eigenvalue weighted by molar-refractivity contribution is -0.655. The van der Waals surface area contributed by atoms with Crippen LogP contribution in [0.4, 0.5) is 5.82 Å². The molecule has 0 spiro atoms. The third kappa shape index (κ3) is 1.31. The number of hydrogen-bond donors (Lipinski definition) is 2. The number of hydrogen-bond acceptors (Lipinski definition) is 4. The minimum absolute atomic E-state index is 0.000324. The maximum Gasteiger partial charge on any atom is 0.297 e. The Bertz CT molecular complexity index is 275. The molecule has 0 fully saturated rings. The summed E-state index contributed by atoms with van der Waals surface area (Å²) in [5.41, 5.74) is 5.82. The van der Waals surface area contributed by atoms with Crippen LogP contribution in [0.2, 0.25) is 0 Å². The molecule has 1 rings (SSSR count). The Morgan fingerprint density at radius 1 is 1.82 bits per heavy atom. The lowest BCUT2D eigenvalue weighted by Crippen LogP contribution is -2.34. The van der Waals surface area contributed by atoms with E-state index < -0.39 is 0 Å². The Kier molecular flexibility index (Phi) is 1.80. The van der Waals surface area contributed by atoms with Crippen molar-refractivity contribution >= 4 is 5.82 Å². The van der Waals surface area contributed by atoms with Crippen molar-refractivity contribution < 1.29 is 9.95 Å². The Hall–Kier alpha value is -1.52. The molecule has 5 heteroatoms. The van der Waals surface area contributed by atoms with Crippen LogP contribution in [0.1, 0.15) is 12.5 Å². The molecule has 60 valence electrons. The zero-order chi connectivity index (χ0) is 8.43. The molecule has 3 N–H and O–H groups in total. The molecule has 0 unspecified atom stereocenters. The number of aromatic nitrogens is 2. The molecule has 0 aliphatic rings. The highest BCUT2D eigenvalue weighted by molar-refractivity contribution is 5.31. The average molecular weight is 155 g/mol. The van der Waals surface area contributed by atoms with Gasteiger partial charge in [0.2, 0.25) is 0 Å². The molecule has 0 saturated heterocycles. The third-order valence-electron chi connectivity index (χ3n) is 1.40. The van der Waals surface area contributed by atoms with E-state index in [1.165, 1.54) is 6.07 Å². The maximum atomic E-state index is 10.6. The summed E-state index contributed by atoms with van der Waals surface area (Å²) >= 11 is 0. The molecular weight excluding hydrogens is 146 g/mol. The van der Waals surface area contributed by atoms with Crippen molar-refractivity contribution in [1.82, 2.24) is 5.10 Å². The van der Waals surface area contributed by atoms with Crippen LogP contribution in [-0.2, 0) is 6.42 Å². The van der Waals surface area contributed by atoms with Gasteiger partial charge in [0.1, 0.15) is 0 Å². The lowest BCUT2D eigenvalue weighted by atomic mass is 10.2. The maximum absolute atomic E-state index is 10.6. The van der Waals surface area contributed by atoms with Gasteiger partial charge in [0.05, 0.1) is 0 Å². The fourth-order valence-corrected chi connectivity index (χ4v) is 0.766. The third-order valence-corrected chi connectivity index (χ3v) is 1.40. The number of aryl methyl sites for hydroxylation is 1. The summed E-state index contributed by atoms with van der Waals surface area (Å²) in [4.78, 5) is 0.189. The van der Waals surface area contributed by atoms with Gasteiger partial charge in [0.25, 0.3) is 11.7 Å². The zero-order valence-corrected chi connectivity index (χ0v) is 6.11. The van der Waals surface area contributed by atoms with Crippen molar-refractivity contribution in [3.05, 3.63) is 16.8 Å². The van der Waals surface area contributed by atoms with Gasteiger partial charge in [-0.15, -0.1) is 4.85 Å². The summed E-state index contributed by atoms with van der Waals surface area (Å²) in [5, 5.41) is 22.9. The Balaban J connectivity index is 3.21. The second-order valence-corrected chi connectivity index (χ2v) is 2.14. The van der Waals surface area contributed by atoms with Gasteiger partial charge in [0, 0.05) is 11.6 Å². The average Bonchev–Trinajstić information content (AvgIpc) is 1.97. The van der Waals surface area contributed by atoms with Crippen molar-refractivity contribution in [3.8, 4) is 5.88 Å². The van der Waals surface area contributed by atoms with Crippen LogP contribution >= 0.6 is 0 Å². The van der Waals surface area contributed by atoms with Gasteiger partial charge in [-0.1, -0.05) is 6.92 Å². The van der Waals surface area contributed by atoms with E-state index >= 15 is 0 Å². The molecule has 0 aliphatic carbocycles. The molecular formula is C6H9N3O2. The van der Waals surface area contributed by atoms with Gasteiger partial charge in [-0.25, -0.2) is 0 Å². The van der Waals surface area contributed by atoms with Crippen LogP contribution < -0.4 is 10.6 Å². The molecule has 1 aromatic rings. The van der Waals surface area contributed by atoms with Crippen LogP contribution in [0.15, 0.2) is 6.07 Å². The fourth-order valence-electron chi connectivity index (χ4n) is 0.766. The first kappa shape index (κ1) is 7.59. The Morgan fingerprint density at radius 2 is 2.45 bits per heavy atom. The van der Waals surface area contributed by atoms with Crippen molar-refractivity contribution in [2.24, 2.45) is 0 Å². The summed E-state index contributed by atoms with van der Waals surface area (Å²) < 4.78 is 0. The first-order chi connectivity index (χ1) is 5.15. The number of aromatic hydroxyl groups is 1. The standard InChI is InChI=1S/C6H9N3O2/c1-2-4-3-5(7)9(11)8-6(4)10/h3H,2,7H2,1H3,(H,8,10). The van der Waals surface area contributed by atoms with E-state index in [0.717, 1.165) is 0 Å². The lowest BCUT2D eigenvalue weighted by Gasteiger charge is -2.04. The molecule has 0 amide bonds. The van der Waals surface area contributed by atoms with Crippen LogP contribution in [0, 0.1) is 5.21 Å². The molecule has 1 heterocycles.